The highest BCUT2D eigenvalue weighted by Crippen LogP contribution is 2.27. The van der Waals surface area contributed by atoms with Crippen molar-refractivity contribution in [3.8, 4) is 11.4 Å². The molecule has 6 nitrogen and oxygen atoms in total. The lowest BCUT2D eigenvalue weighted by Crippen LogP contribution is -2.47. The Kier molecular flexibility index (Phi) is 6.44. The van der Waals surface area contributed by atoms with Crippen LogP contribution in [0, 0.1) is 5.82 Å². The summed E-state index contributed by atoms with van der Waals surface area (Å²) in [4.78, 5) is 16.8. The fourth-order valence-electron chi connectivity index (χ4n) is 3.42. The van der Waals surface area contributed by atoms with Crippen molar-refractivity contribution in [2.75, 3.05) is 39.0 Å². The van der Waals surface area contributed by atoms with Gasteiger partial charge in [0.15, 0.2) is 11.0 Å². The van der Waals surface area contributed by atoms with Crippen LogP contribution in [0.1, 0.15) is 5.56 Å². The molecule has 1 aliphatic heterocycles. The number of rotatable bonds is 6. The molecule has 156 valence electrons. The predicted octanol–water partition coefficient (Wildman–Crippen LogP) is 3.00. The van der Waals surface area contributed by atoms with Crippen molar-refractivity contribution in [2.24, 2.45) is 0 Å². The molecular weight excluding hydrogens is 401 g/mol. The molecule has 30 heavy (non-hydrogen) atoms. The molecule has 0 unspecified atom stereocenters. The van der Waals surface area contributed by atoms with E-state index in [2.05, 4.69) is 22.1 Å². The first-order valence-electron chi connectivity index (χ1n) is 9.93. The lowest BCUT2D eigenvalue weighted by Gasteiger charge is -2.32. The van der Waals surface area contributed by atoms with Gasteiger partial charge in [-0.1, -0.05) is 54.2 Å². The van der Waals surface area contributed by atoms with Crippen LogP contribution in [0.15, 0.2) is 59.8 Å². The van der Waals surface area contributed by atoms with Gasteiger partial charge in [0.25, 0.3) is 0 Å². The van der Waals surface area contributed by atoms with Gasteiger partial charge in [-0.15, -0.1) is 10.2 Å². The number of piperazine rings is 1. The van der Waals surface area contributed by atoms with Crippen molar-refractivity contribution in [3.05, 3.63) is 66.0 Å². The lowest BCUT2D eigenvalue weighted by molar-refractivity contribution is -0.129. The van der Waals surface area contributed by atoms with E-state index in [4.69, 9.17) is 0 Å². The molecule has 0 N–H and O–H groups in total. The maximum Gasteiger partial charge on any atom is 0.233 e. The van der Waals surface area contributed by atoms with E-state index in [1.54, 1.807) is 18.2 Å². The molecule has 0 aliphatic carbocycles. The molecule has 1 aliphatic rings. The number of thioether (sulfide) groups is 1. The number of nitrogens with zero attached hydrogens (tertiary/aromatic N) is 5. The minimum atomic E-state index is -0.343. The zero-order valence-corrected chi connectivity index (χ0v) is 17.7. The first kappa shape index (κ1) is 20.6. The summed E-state index contributed by atoms with van der Waals surface area (Å²) in [5.41, 5.74) is 1.46. The predicted molar refractivity (Wildman–Crippen MR) is 116 cm³/mol. The Morgan fingerprint density at radius 3 is 2.43 bits per heavy atom. The van der Waals surface area contributed by atoms with E-state index in [1.165, 1.54) is 17.8 Å². The van der Waals surface area contributed by atoms with Crippen LogP contribution >= 0.6 is 11.8 Å². The zero-order valence-electron chi connectivity index (χ0n) is 16.9. The number of aromatic nitrogens is 3. The summed E-state index contributed by atoms with van der Waals surface area (Å²) in [6.45, 7) is 3.76. The third kappa shape index (κ3) is 4.71. The molecule has 1 saturated heterocycles. The fourth-order valence-corrected chi connectivity index (χ4v) is 4.26. The van der Waals surface area contributed by atoms with Crippen molar-refractivity contribution < 1.29 is 9.18 Å². The summed E-state index contributed by atoms with van der Waals surface area (Å²) < 4.78 is 16.3. The van der Waals surface area contributed by atoms with E-state index in [1.807, 2.05) is 39.8 Å². The van der Waals surface area contributed by atoms with Gasteiger partial charge in [-0.05, 0) is 24.7 Å². The van der Waals surface area contributed by atoms with E-state index >= 15 is 0 Å². The Balaban J connectivity index is 1.56. The highest BCUT2D eigenvalue weighted by molar-refractivity contribution is 7.99. The Labute approximate surface area is 179 Å². The van der Waals surface area contributed by atoms with Crippen LogP contribution < -0.4 is 0 Å². The molecule has 1 aromatic heterocycles. The molecule has 1 amide bonds. The zero-order chi connectivity index (χ0) is 20.9. The van der Waals surface area contributed by atoms with Crippen LogP contribution in [0.3, 0.4) is 0 Å². The fraction of sp³-hybridized carbons (Fsp3) is 0.318. The molecular formula is C22H24FN5OS. The number of hydrogen-bond acceptors (Lipinski definition) is 5. The molecule has 0 saturated carbocycles. The normalized spacial score (nSPS) is 14.8. The van der Waals surface area contributed by atoms with Crippen molar-refractivity contribution in [3.63, 3.8) is 0 Å². The van der Waals surface area contributed by atoms with Gasteiger partial charge in [0.2, 0.25) is 5.91 Å². The van der Waals surface area contributed by atoms with Gasteiger partial charge in [-0.25, -0.2) is 4.39 Å². The first-order valence-corrected chi connectivity index (χ1v) is 10.9. The summed E-state index contributed by atoms with van der Waals surface area (Å²) in [5, 5.41) is 9.16. The number of carbonyl (C=O) groups excluding carboxylic acids is 1. The topological polar surface area (TPSA) is 54.3 Å². The Morgan fingerprint density at radius 2 is 1.70 bits per heavy atom. The van der Waals surface area contributed by atoms with Crippen LogP contribution in [0.5, 0.6) is 0 Å². The van der Waals surface area contributed by atoms with Crippen molar-refractivity contribution in [1.29, 1.82) is 0 Å². The molecule has 3 aromatic rings. The molecule has 0 radical (unpaired) electrons. The molecule has 0 bridgehead atoms. The average molecular weight is 426 g/mol. The van der Waals surface area contributed by atoms with E-state index in [-0.39, 0.29) is 17.5 Å². The highest BCUT2D eigenvalue weighted by Gasteiger charge is 2.22. The highest BCUT2D eigenvalue weighted by atomic mass is 32.2. The maximum absolute atomic E-state index is 14.4. The summed E-state index contributed by atoms with van der Waals surface area (Å²) in [6.07, 6.45) is 0. The lowest BCUT2D eigenvalue weighted by atomic mass is 10.2. The van der Waals surface area contributed by atoms with E-state index < -0.39 is 0 Å². The van der Waals surface area contributed by atoms with Gasteiger partial charge in [0.1, 0.15) is 5.82 Å². The molecule has 0 spiro atoms. The van der Waals surface area contributed by atoms with Crippen LogP contribution in [0.25, 0.3) is 11.4 Å². The van der Waals surface area contributed by atoms with Crippen LogP contribution in [0.4, 0.5) is 4.39 Å². The largest absolute Gasteiger partial charge is 0.339 e. The minimum Gasteiger partial charge on any atom is -0.339 e. The molecule has 1 fully saturated rings. The molecule has 2 aromatic carbocycles. The Hall–Kier alpha value is -2.71. The van der Waals surface area contributed by atoms with Crippen molar-refractivity contribution in [1.82, 2.24) is 24.6 Å². The monoisotopic (exact) mass is 425 g/mol. The van der Waals surface area contributed by atoms with E-state index in [0.717, 1.165) is 31.7 Å². The van der Waals surface area contributed by atoms with Crippen LogP contribution in [-0.4, -0.2) is 69.5 Å². The Morgan fingerprint density at radius 1 is 1.00 bits per heavy atom. The SMILES string of the molecule is CN1CCN(C(=O)CSc2nnc(-c3ccccc3F)n2Cc2ccccc2)CC1. The molecule has 0 atom stereocenters. The minimum absolute atomic E-state index is 0.0924. The van der Waals surface area contributed by atoms with Crippen LogP contribution in [-0.2, 0) is 11.3 Å². The summed E-state index contributed by atoms with van der Waals surface area (Å²) in [6, 6.07) is 16.5. The number of benzene rings is 2. The third-order valence-electron chi connectivity index (χ3n) is 5.20. The number of likely N-dealkylation sites (N-methyl/N-ethyl adjacent to an activating group) is 1. The number of carbonyl (C=O) groups is 1. The first-order chi connectivity index (χ1) is 14.6. The van der Waals surface area contributed by atoms with Crippen molar-refractivity contribution >= 4 is 17.7 Å². The van der Waals surface area contributed by atoms with Gasteiger partial charge in [-0.2, -0.15) is 0 Å². The quantitative estimate of drug-likeness (QED) is 0.569. The molecule has 2 heterocycles. The molecule has 8 heteroatoms. The summed E-state index contributed by atoms with van der Waals surface area (Å²) >= 11 is 1.35. The van der Waals surface area contributed by atoms with Gasteiger partial charge in [-0.3, -0.25) is 9.36 Å². The third-order valence-corrected chi connectivity index (χ3v) is 6.15. The van der Waals surface area contributed by atoms with Gasteiger partial charge in [0.05, 0.1) is 17.9 Å². The number of halogens is 1. The second kappa shape index (κ2) is 9.40. The average Bonchev–Trinajstić information content (AvgIpc) is 3.15. The van der Waals surface area contributed by atoms with Crippen LogP contribution in [0.2, 0.25) is 0 Å². The smallest absolute Gasteiger partial charge is 0.233 e. The second-order valence-corrected chi connectivity index (χ2v) is 8.27. The van der Waals surface area contributed by atoms with Gasteiger partial charge >= 0.3 is 0 Å². The molecule has 4 rings (SSSR count). The van der Waals surface area contributed by atoms with Gasteiger partial charge in [0, 0.05) is 26.2 Å². The van der Waals surface area contributed by atoms with E-state index in [9.17, 15) is 9.18 Å². The number of hydrogen-bond donors (Lipinski definition) is 0. The van der Waals surface area contributed by atoms with E-state index in [0.29, 0.717) is 23.1 Å². The number of amides is 1. The second-order valence-electron chi connectivity index (χ2n) is 7.33. The standard InChI is InChI=1S/C22H24FN5OS/c1-26-11-13-27(14-12-26)20(29)16-30-22-25-24-21(18-9-5-6-10-19(18)23)28(22)15-17-7-3-2-4-8-17/h2-10H,11-16H2,1H3. The van der Waals surface area contributed by atoms with Gasteiger partial charge < -0.3 is 9.80 Å². The maximum atomic E-state index is 14.4. The Bertz CT molecular complexity index is 1000. The summed E-state index contributed by atoms with van der Waals surface area (Å²) in [5.74, 6) is 0.499. The van der Waals surface area contributed by atoms with Crippen molar-refractivity contribution in [2.45, 2.75) is 11.7 Å². The summed E-state index contributed by atoms with van der Waals surface area (Å²) in [7, 11) is 2.06.